The molecule has 0 unspecified atom stereocenters. The van der Waals surface area contributed by atoms with E-state index in [2.05, 4.69) is 155 Å². The fourth-order valence-corrected chi connectivity index (χ4v) is 6.09. The molecule has 0 aromatic heterocycles. The zero-order valence-electron chi connectivity index (χ0n) is 24.0. The summed E-state index contributed by atoms with van der Waals surface area (Å²) in [6.45, 7) is 8.38. The average Bonchev–Trinajstić information content (AvgIpc) is 3.22. The van der Waals surface area contributed by atoms with Crippen LogP contribution >= 0.6 is 0 Å². The molecular weight excluding hydrogens is 499 g/mol. The summed E-state index contributed by atoms with van der Waals surface area (Å²) >= 11 is 0. The number of hydrogen-bond donors (Lipinski definition) is 0. The summed E-state index contributed by atoms with van der Waals surface area (Å²) in [7, 11) is -0.376. The summed E-state index contributed by atoms with van der Waals surface area (Å²) in [5.41, 5.74) is 7.71. The van der Waals surface area contributed by atoms with Gasteiger partial charge in [-0.25, -0.2) is 0 Å². The fourth-order valence-electron chi connectivity index (χ4n) is 6.09. The summed E-state index contributed by atoms with van der Waals surface area (Å²) in [4.78, 5) is 0. The first-order valence-electron chi connectivity index (χ1n) is 14.4. The Morgan fingerprint density at radius 1 is 0.415 bits per heavy atom. The van der Waals surface area contributed by atoms with Crippen molar-refractivity contribution in [2.75, 3.05) is 0 Å². The van der Waals surface area contributed by atoms with E-state index in [1.807, 2.05) is 0 Å². The molecule has 200 valence electrons. The molecule has 2 nitrogen and oxygen atoms in total. The van der Waals surface area contributed by atoms with E-state index >= 15 is 0 Å². The van der Waals surface area contributed by atoms with E-state index < -0.39 is 0 Å². The summed E-state index contributed by atoms with van der Waals surface area (Å²) in [5.74, 6) is 0. The Morgan fingerprint density at radius 3 is 1.39 bits per heavy atom. The van der Waals surface area contributed by atoms with Gasteiger partial charge in [0.1, 0.15) is 0 Å². The summed E-state index contributed by atoms with van der Waals surface area (Å²) in [5, 5.41) is 4.99. The van der Waals surface area contributed by atoms with Crippen LogP contribution in [-0.4, -0.2) is 18.3 Å². The van der Waals surface area contributed by atoms with Crippen LogP contribution in [0.3, 0.4) is 0 Å². The molecule has 3 heteroatoms. The van der Waals surface area contributed by atoms with Gasteiger partial charge in [-0.15, -0.1) is 0 Å². The van der Waals surface area contributed by atoms with Crippen molar-refractivity contribution in [3.8, 4) is 33.4 Å². The van der Waals surface area contributed by atoms with Gasteiger partial charge in [-0.2, -0.15) is 0 Å². The molecule has 0 amide bonds. The van der Waals surface area contributed by atoms with Crippen LogP contribution < -0.4 is 5.46 Å². The van der Waals surface area contributed by atoms with Crippen molar-refractivity contribution < 1.29 is 9.31 Å². The molecule has 6 aromatic rings. The minimum atomic E-state index is -0.376. The monoisotopic (exact) mass is 532 g/mol. The lowest BCUT2D eigenvalue weighted by Crippen LogP contribution is -2.41. The molecule has 1 heterocycles. The normalized spacial score (nSPS) is 16.0. The highest BCUT2D eigenvalue weighted by atomic mass is 16.7. The van der Waals surface area contributed by atoms with Gasteiger partial charge in [0.25, 0.3) is 0 Å². The summed E-state index contributed by atoms with van der Waals surface area (Å²) < 4.78 is 12.7. The molecule has 7 rings (SSSR count). The van der Waals surface area contributed by atoms with Crippen LogP contribution in [-0.2, 0) is 9.31 Å². The van der Waals surface area contributed by atoms with Crippen LogP contribution in [0.1, 0.15) is 27.7 Å². The maximum absolute atomic E-state index is 6.33. The van der Waals surface area contributed by atoms with Crippen LogP contribution in [0.25, 0.3) is 54.9 Å². The van der Waals surface area contributed by atoms with E-state index in [0.29, 0.717) is 0 Å². The van der Waals surface area contributed by atoms with Crippen molar-refractivity contribution in [3.63, 3.8) is 0 Å². The standard InChI is InChI=1S/C38H33BO2/c1-37(2)38(3,4)41-39(40-37)28-24-22-27(23-25-28)35-31-18-10-12-20-33(31)36(34-21-13-11-19-32(34)35)30-17-9-8-16-29(30)26-14-6-5-7-15-26/h5-25H,1-4H3. The molecule has 6 aromatic carbocycles. The topological polar surface area (TPSA) is 18.5 Å². The molecule has 0 bridgehead atoms. The van der Waals surface area contributed by atoms with E-state index in [9.17, 15) is 0 Å². The molecule has 0 radical (unpaired) electrons. The molecule has 0 N–H and O–H groups in total. The Morgan fingerprint density at radius 2 is 0.854 bits per heavy atom. The van der Waals surface area contributed by atoms with Crippen LogP contribution in [0.2, 0.25) is 0 Å². The first kappa shape index (κ1) is 25.8. The largest absolute Gasteiger partial charge is 0.494 e. The lowest BCUT2D eigenvalue weighted by Gasteiger charge is -2.32. The molecular formula is C38H33BO2. The lowest BCUT2D eigenvalue weighted by molar-refractivity contribution is 0.00578. The first-order valence-corrected chi connectivity index (χ1v) is 14.4. The van der Waals surface area contributed by atoms with Gasteiger partial charge in [-0.1, -0.05) is 127 Å². The van der Waals surface area contributed by atoms with Crippen LogP contribution in [0, 0.1) is 0 Å². The van der Waals surface area contributed by atoms with Crippen molar-refractivity contribution in [1.29, 1.82) is 0 Å². The Hall–Kier alpha value is -4.18. The Kier molecular flexibility index (Phi) is 6.12. The minimum Gasteiger partial charge on any atom is -0.399 e. The predicted octanol–water partition coefficient (Wildman–Crippen LogP) is 9.29. The highest BCUT2D eigenvalue weighted by Gasteiger charge is 2.51. The van der Waals surface area contributed by atoms with Gasteiger partial charge >= 0.3 is 7.12 Å². The third kappa shape index (κ3) is 4.28. The second kappa shape index (κ2) is 9.73. The molecule has 1 aliphatic rings. The van der Waals surface area contributed by atoms with Gasteiger partial charge in [0, 0.05) is 0 Å². The number of fused-ring (bicyclic) bond motifs is 2. The third-order valence-corrected chi connectivity index (χ3v) is 8.94. The highest BCUT2D eigenvalue weighted by Crippen LogP contribution is 2.46. The van der Waals surface area contributed by atoms with E-state index in [-0.39, 0.29) is 18.3 Å². The number of hydrogen-bond acceptors (Lipinski definition) is 2. The van der Waals surface area contributed by atoms with Gasteiger partial charge in [-0.3, -0.25) is 0 Å². The number of rotatable bonds is 4. The lowest BCUT2D eigenvalue weighted by atomic mass is 9.78. The zero-order chi connectivity index (χ0) is 28.2. The van der Waals surface area contributed by atoms with Crippen LogP contribution in [0.15, 0.2) is 127 Å². The van der Waals surface area contributed by atoms with Crippen molar-refractivity contribution in [2.24, 2.45) is 0 Å². The van der Waals surface area contributed by atoms with E-state index in [0.717, 1.165) is 5.46 Å². The van der Waals surface area contributed by atoms with Crippen molar-refractivity contribution in [1.82, 2.24) is 0 Å². The second-order valence-corrected chi connectivity index (χ2v) is 12.0. The van der Waals surface area contributed by atoms with Gasteiger partial charge in [0.15, 0.2) is 0 Å². The van der Waals surface area contributed by atoms with Crippen molar-refractivity contribution in [3.05, 3.63) is 127 Å². The summed E-state index contributed by atoms with van der Waals surface area (Å²) in [6, 6.07) is 45.8. The minimum absolute atomic E-state index is 0.366. The van der Waals surface area contributed by atoms with E-state index in [1.54, 1.807) is 0 Å². The molecule has 0 saturated carbocycles. The van der Waals surface area contributed by atoms with Crippen LogP contribution in [0.4, 0.5) is 0 Å². The molecule has 0 spiro atoms. The second-order valence-electron chi connectivity index (χ2n) is 12.0. The quantitative estimate of drug-likeness (QED) is 0.166. The third-order valence-electron chi connectivity index (χ3n) is 8.94. The number of benzene rings is 6. The van der Waals surface area contributed by atoms with Gasteiger partial charge in [0.2, 0.25) is 0 Å². The Labute approximate surface area is 242 Å². The highest BCUT2D eigenvalue weighted by molar-refractivity contribution is 6.62. The van der Waals surface area contributed by atoms with Gasteiger partial charge in [-0.05, 0) is 88.1 Å². The molecule has 1 fully saturated rings. The summed E-state index contributed by atoms with van der Waals surface area (Å²) in [6.07, 6.45) is 0. The average molecular weight is 532 g/mol. The Bertz CT molecular complexity index is 1820. The first-order chi connectivity index (χ1) is 19.8. The maximum atomic E-state index is 6.33. The molecule has 1 aliphatic heterocycles. The predicted molar refractivity (Wildman–Crippen MR) is 173 cm³/mol. The molecule has 41 heavy (non-hydrogen) atoms. The van der Waals surface area contributed by atoms with E-state index in [1.165, 1.54) is 54.9 Å². The Balaban J connectivity index is 1.43. The van der Waals surface area contributed by atoms with E-state index in [4.69, 9.17) is 9.31 Å². The smallest absolute Gasteiger partial charge is 0.399 e. The molecule has 0 atom stereocenters. The van der Waals surface area contributed by atoms with Crippen molar-refractivity contribution >= 4 is 34.1 Å². The maximum Gasteiger partial charge on any atom is 0.494 e. The fraction of sp³-hybridized carbons (Fsp3) is 0.158. The SMILES string of the molecule is CC1(C)OB(c2ccc(-c3c4ccccc4c(-c4ccccc4-c4ccccc4)c4ccccc34)cc2)OC1(C)C. The van der Waals surface area contributed by atoms with Gasteiger partial charge < -0.3 is 9.31 Å². The molecule has 0 aliphatic carbocycles. The van der Waals surface area contributed by atoms with Crippen LogP contribution in [0.5, 0.6) is 0 Å². The van der Waals surface area contributed by atoms with Gasteiger partial charge in [0.05, 0.1) is 11.2 Å². The zero-order valence-corrected chi connectivity index (χ0v) is 24.0. The molecule has 1 saturated heterocycles. The van der Waals surface area contributed by atoms with Crippen molar-refractivity contribution in [2.45, 2.75) is 38.9 Å².